The lowest BCUT2D eigenvalue weighted by molar-refractivity contribution is 0.178. The van der Waals surface area contributed by atoms with Crippen LogP contribution in [0, 0.1) is 0 Å². The van der Waals surface area contributed by atoms with Gasteiger partial charge in [-0.3, -0.25) is 0 Å². The molecule has 1 fully saturated rings. The van der Waals surface area contributed by atoms with E-state index in [1.807, 2.05) is 6.92 Å². The first kappa shape index (κ1) is 14.9. The number of nitrogens with one attached hydrogen (secondary N) is 1. The monoisotopic (exact) mass is 349 g/mol. The molecule has 1 aliphatic heterocycles. The number of hydrogen-bond acceptors (Lipinski definition) is 4. The van der Waals surface area contributed by atoms with Gasteiger partial charge < -0.3 is 9.84 Å². The van der Waals surface area contributed by atoms with E-state index in [2.05, 4.69) is 20.7 Å². The summed E-state index contributed by atoms with van der Waals surface area (Å²) in [4.78, 5) is 0.165. The highest BCUT2D eigenvalue weighted by Crippen LogP contribution is 2.26. The van der Waals surface area contributed by atoms with Crippen molar-refractivity contribution in [2.75, 3.05) is 13.2 Å². The highest BCUT2D eigenvalue weighted by atomic mass is 79.9. The Morgan fingerprint density at radius 3 is 2.79 bits per heavy atom. The molecule has 0 radical (unpaired) electrons. The molecule has 0 bridgehead atoms. The average Bonchev–Trinajstić information content (AvgIpc) is 2.74. The van der Waals surface area contributed by atoms with Gasteiger partial charge in [-0.05, 0) is 47.0 Å². The molecule has 2 N–H and O–H groups in total. The normalized spacial score (nSPS) is 23.7. The minimum Gasteiger partial charge on any atom is -0.392 e. The third kappa shape index (κ3) is 3.35. The Morgan fingerprint density at radius 1 is 1.53 bits per heavy atom. The number of aliphatic hydroxyl groups is 1. The van der Waals surface area contributed by atoms with Crippen molar-refractivity contribution in [2.24, 2.45) is 0 Å². The number of sulfonamides is 1. The van der Waals surface area contributed by atoms with Gasteiger partial charge >= 0.3 is 0 Å². The number of aliphatic hydroxyl groups excluding tert-OH is 1. The van der Waals surface area contributed by atoms with Crippen LogP contribution in [0.5, 0.6) is 0 Å². The van der Waals surface area contributed by atoms with Crippen LogP contribution in [0.1, 0.15) is 18.9 Å². The van der Waals surface area contributed by atoms with Crippen molar-refractivity contribution in [2.45, 2.75) is 30.4 Å². The van der Waals surface area contributed by atoms with Crippen molar-refractivity contribution >= 4 is 26.0 Å². The first-order valence-electron chi connectivity index (χ1n) is 5.87. The number of benzene rings is 1. The van der Waals surface area contributed by atoms with Crippen LogP contribution < -0.4 is 4.72 Å². The number of rotatable bonds is 4. The van der Waals surface area contributed by atoms with Gasteiger partial charge in [-0.2, -0.15) is 0 Å². The van der Waals surface area contributed by atoms with Gasteiger partial charge in [0.25, 0.3) is 0 Å². The molecule has 0 amide bonds. The Hall–Kier alpha value is -0.470. The number of ether oxygens (including phenoxy) is 1. The minimum absolute atomic E-state index is 0.127. The number of halogens is 1. The zero-order valence-corrected chi connectivity index (χ0v) is 12.9. The lowest BCUT2D eigenvalue weighted by Gasteiger charge is -2.23. The van der Waals surface area contributed by atoms with E-state index in [9.17, 15) is 8.42 Å². The lowest BCUT2D eigenvalue weighted by Crippen LogP contribution is -2.46. The first-order valence-corrected chi connectivity index (χ1v) is 8.15. The quantitative estimate of drug-likeness (QED) is 0.861. The van der Waals surface area contributed by atoms with Gasteiger partial charge in [0, 0.05) is 11.1 Å². The lowest BCUT2D eigenvalue weighted by atomic mass is 10.0. The topological polar surface area (TPSA) is 75.6 Å². The largest absolute Gasteiger partial charge is 0.392 e. The third-order valence-corrected chi connectivity index (χ3v) is 5.68. The third-order valence-electron chi connectivity index (χ3n) is 3.07. The van der Waals surface area contributed by atoms with Gasteiger partial charge in [0.15, 0.2) is 0 Å². The van der Waals surface area contributed by atoms with Crippen LogP contribution in [0.3, 0.4) is 0 Å². The summed E-state index contributed by atoms with van der Waals surface area (Å²) < 4.78 is 33.1. The van der Waals surface area contributed by atoms with Crippen LogP contribution >= 0.6 is 15.9 Å². The SMILES string of the molecule is CC1(NS(=O)(=O)c2ccc(CO)cc2Br)CCOC1. The second-order valence-electron chi connectivity index (χ2n) is 4.89. The van der Waals surface area contributed by atoms with E-state index in [1.54, 1.807) is 12.1 Å². The van der Waals surface area contributed by atoms with E-state index in [0.717, 1.165) is 0 Å². The summed E-state index contributed by atoms with van der Waals surface area (Å²) in [5.74, 6) is 0. The van der Waals surface area contributed by atoms with E-state index in [0.29, 0.717) is 29.7 Å². The molecule has 2 rings (SSSR count). The van der Waals surface area contributed by atoms with E-state index >= 15 is 0 Å². The van der Waals surface area contributed by atoms with Crippen molar-refractivity contribution < 1.29 is 18.3 Å². The molecule has 19 heavy (non-hydrogen) atoms. The van der Waals surface area contributed by atoms with Gasteiger partial charge in [0.1, 0.15) is 0 Å². The predicted octanol–water partition coefficient (Wildman–Crippen LogP) is 1.40. The molecule has 0 saturated carbocycles. The summed E-state index contributed by atoms with van der Waals surface area (Å²) in [6, 6.07) is 4.67. The molecular formula is C12H16BrNO4S. The molecule has 0 aromatic heterocycles. The van der Waals surface area contributed by atoms with Crippen LogP contribution in [-0.4, -0.2) is 32.3 Å². The molecule has 0 aliphatic carbocycles. The zero-order chi connectivity index (χ0) is 14.1. The average molecular weight is 350 g/mol. The first-order chi connectivity index (χ1) is 8.86. The summed E-state index contributed by atoms with van der Waals surface area (Å²) in [5.41, 5.74) is 0.0923. The maximum atomic E-state index is 12.4. The molecule has 0 spiro atoms. The van der Waals surface area contributed by atoms with Gasteiger partial charge in [-0.25, -0.2) is 13.1 Å². The Kier molecular flexibility index (Phi) is 4.32. The van der Waals surface area contributed by atoms with E-state index in [1.165, 1.54) is 6.07 Å². The van der Waals surface area contributed by atoms with Gasteiger partial charge in [0.2, 0.25) is 10.0 Å². The van der Waals surface area contributed by atoms with Crippen LogP contribution in [0.4, 0.5) is 0 Å². The van der Waals surface area contributed by atoms with Crippen molar-refractivity contribution in [1.82, 2.24) is 4.72 Å². The summed E-state index contributed by atoms with van der Waals surface area (Å²) in [6.07, 6.45) is 0.651. The molecule has 5 nitrogen and oxygen atoms in total. The fourth-order valence-corrected chi connectivity index (χ4v) is 4.54. The standard InChI is InChI=1S/C12H16BrNO4S/c1-12(4-5-18-8-12)14-19(16,17)11-3-2-9(7-15)6-10(11)13/h2-3,6,14-15H,4-5,7-8H2,1H3. The maximum absolute atomic E-state index is 12.4. The summed E-state index contributed by atoms with van der Waals surface area (Å²) >= 11 is 3.23. The molecule has 1 aromatic rings. The van der Waals surface area contributed by atoms with Crippen LogP contribution in [-0.2, 0) is 21.4 Å². The van der Waals surface area contributed by atoms with E-state index in [-0.39, 0.29) is 11.5 Å². The van der Waals surface area contributed by atoms with E-state index in [4.69, 9.17) is 9.84 Å². The molecule has 1 heterocycles. The molecule has 1 saturated heterocycles. The summed E-state index contributed by atoms with van der Waals surface area (Å²) in [6.45, 7) is 2.63. The Labute approximate surface area is 121 Å². The highest BCUT2D eigenvalue weighted by Gasteiger charge is 2.35. The number of hydrogen-bond donors (Lipinski definition) is 2. The van der Waals surface area contributed by atoms with Crippen molar-refractivity contribution in [3.63, 3.8) is 0 Å². The maximum Gasteiger partial charge on any atom is 0.242 e. The van der Waals surface area contributed by atoms with Crippen LogP contribution in [0.2, 0.25) is 0 Å². The Balaban J connectivity index is 2.29. The highest BCUT2D eigenvalue weighted by molar-refractivity contribution is 9.10. The zero-order valence-electron chi connectivity index (χ0n) is 10.5. The Morgan fingerprint density at radius 2 is 2.26 bits per heavy atom. The fraction of sp³-hybridized carbons (Fsp3) is 0.500. The minimum atomic E-state index is -3.62. The van der Waals surface area contributed by atoms with Crippen LogP contribution in [0.15, 0.2) is 27.6 Å². The van der Waals surface area contributed by atoms with Crippen molar-refractivity contribution in [3.05, 3.63) is 28.2 Å². The molecule has 1 unspecified atom stereocenters. The summed E-state index contributed by atoms with van der Waals surface area (Å²) in [7, 11) is -3.62. The van der Waals surface area contributed by atoms with Crippen molar-refractivity contribution in [3.8, 4) is 0 Å². The Bertz CT molecular complexity index is 567. The van der Waals surface area contributed by atoms with Crippen molar-refractivity contribution in [1.29, 1.82) is 0 Å². The second kappa shape index (κ2) is 5.49. The van der Waals surface area contributed by atoms with Gasteiger partial charge in [-0.1, -0.05) is 6.07 Å². The molecular weight excluding hydrogens is 334 g/mol. The fourth-order valence-electron chi connectivity index (χ4n) is 1.99. The van der Waals surface area contributed by atoms with Gasteiger partial charge in [-0.15, -0.1) is 0 Å². The molecule has 1 aliphatic rings. The summed E-state index contributed by atoms with van der Waals surface area (Å²) in [5, 5.41) is 9.02. The predicted molar refractivity (Wildman–Crippen MR) is 74.2 cm³/mol. The molecule has 1 atom stereocenters. The smallest absolute Gasteiger partial charge is 0.242 e. The molecule has 1 aromatic carbocycles. The van der Waals surface area contributed by atoms with Crippen LogP contribution in [0.25, 0.3) is 0 Å². The van der Waals surface area contributed by atoms with E-state index < -0.39 is 15.6 Å². The molecule has 106 valence electrons. The van der Waals surface area contributed by atoms with Gasteiger partial charge in [0.05, 0.1) is 23.6 Å². The molecule has 7 heteroatoms. The second-order valence-corrected chi connectivity index (χ2v) is 7.40.